The normalized spacial score (nSPS) is 22.3. The van der Waals surface area contributed by atoms with Crippen molar-refractivity contribution in [2.24, 2.45) is 11.8 Å². The van der Waals surface area contributed by atoms with Crippen molar-refractivity contribution in [2.45, 2.75) is 66.0 Å². The van der Waals surface area contributed by atoms with Crippen LogP contribution in [0.2, 0.25) is 0 Å². The predicted molar refractivity (Wildman–Crippen MR) is 87.3 cm³/mol. The summed E-state index contributed by atoms with van der Waals surface area (Å²) in [7, 11) is 0. The van der Waals surface area contributed by atoms with Crippen LogP contribution in [0.4, 0.5) is 0 Å². The maximum atomic E-state index is 12.1. The molecule has 0 bridgehead atoms. The summed E-state index contributed by atoms with van der Waals surface area (Å²) in [6, 6.07) is 0.0790. The molecular formula is C17H34N2O2. The van der Waals surface area contributed by atoms with E-state index in [1.807, 2.05) is 6.92 Å². The van der Waals surface area contributed by atoms with Gasteiger partial charge in [0.2, 0.25) is 0 Å². The molecule has 1 N–H and O–H groups in total. The van der Waals surface area contributed by atoms with E-state index < -0.39 is 0 Å². The molecule has 124 valence electrons. The van der Waals surface area contributed by atoms with Gasteiger partial charge in [-0.05, 0) is 51.1 Å². The standard InChI is InChI=1S/C17H34N2O2/c1-6-21-17(20)16(18-14(4)5)12-19-10-7-8-15(9-11-19)13(2)3/h13-16,18H,6-12H2,1-5H3. The minimum Gasteiger partial charge on any atom is -0.465 e. The van der Waals surface area contributed by atoms with Crippen LogP contribution in [0.25, 0.3) is 0 Å². The van der Waals surface area contributed by atoms with Crippen molar-refractivity contribution >= 4 is 5.97 Å². The minimum absolute atomic E-state index is 0.115. The molecule has 2 atom stereocenters. The van der Waals surface area contributed by atoms with Crippen LogP contribution in [0.5, 0.6) is 0 Å². The molecule has 4 heteroatoms. The van der Waals surface area contributed by atoms with Gasteiger partial charge in [0.25, 0.3) is 0 Å². The Hall–Kier alpha value is -0.610. The lowest BCUT2D eigenvalue weighted by Gasteiger charge is -2.27. The fourth-order valence-electron chi connectivity index (χ4n) is 3.13. The van der Waals surface area contributed by atoms with Crippen LogP contribution in [0.3, 0.4) is 0 Å². The first-order valence-corrected chi connectivity index (χ1v) is 8.59. The molecule has 1 saturated heterocycles. The van der Waals surface area contributed by atoms with Crippen molar-refractivity contribution in [1.82, 2.24) is 10.2 Å². The van der Waals surface area contributed by atoms with Gasteiger partial charge in [0.15, 0.2) is 0 Å². The molecule has 2 unspecified atom stereocenters. The summed E-state index contributed by atoms with van der Waals surface area (Å²) < 4.78 is 5.21. The van der Waals surface area contributed by atoms with Crippen molar-refractivity contribution < 1.29 is 9.53 Å². The van der Waals surface area contributed by atoms with E-state index in [1.165, 1.54) is 19.3 Å². The van der Waals surface area contributed by atoms with E-state index in [4.69, 9.17) is 4.74 Å². The number of carbonyl (C=O) groups excluding carboxylic acids is 1. The second kappa shape index (κ2) is 9.42. The van der Waals surface area contributed by atoms with Gasteiger partial charge in [0.1, 0.15) is 6.04 Å². The number of hydrogen-bond donors (Lipinski definition) is 1. The van der Waals surface area contributed by atoms with E-state index in [0.717, 1.165) is 31.5 Å². The second-order valence-electron chi connectivity index (χ2n) is 6.86. The van der Waals surface area contributed by atoms with E-state index in [1.54, 1.807) is 0 Å². The molecule has 1 fully saturated rings. The topological polar surface area (TPSA) is 41.6 Å². The fraction of sp³-hybridized carbons (Fsp3) is 0.941. The molecule has 0 saturated carbocycles. The summed E-state index contributed by atoms with van der Waals surface area (Å²) in [5, 5.41) is 3.35. The first-order valence-electron chi connectivity index (χ1n) is 8.59. The van der Waals surface area contributed by atoms with Crippen LogP contribution in [0.1, 0.15) is 53.9 Å². The van der Waals surface area contributed by atoms with E-state index >= 15 is 0 Å². The monoisotopic (exact) mass is 298 g/mol. The molecule has 0 amide bonds. The molecule has 0 aromatic carbocycles. The maximum absolute atomic E-state index is 12.1. The summed E-state index contributed by atoms with van der Waals surface area (Å²) in [6.07, 6.45) is 3.80. The average Bonchev–Trinajstić information content (AvgIpc) is 2.63. The summed E-state index contributed by atoms with van der Waals surface area (Å²) in [4.78, 5) is 14.5. The van der Waals surface area contributed by atoms with E-state index in [9.17, 15) is 4.79 Å². The second-order valence-corrected chi connectivity index (χ2v) is 6.86. The summed E-state index contributed by atoms with van der Waals surface area (Å²) in [5.41, 5.74) is 0. The predicted octanol–water partition coefficient (Wildman–Crippen LogP) is 2.67. The molecule has 1 rings (SSSR count). The van der Waals surface area contributed by atoms with Crippen LogP contribution in [-0.4, -0.2) is 49.2 Å². The summed E-state index contributed by atoms with van der Waals surface area (Å²) in [5.74, 6) is 1.48. The third kappa shape index (κ3) is 6.79. The van der Waals surface area contributed by atoms with Crippen molar-refractivity contribution in [1.29, 1.82) is 0 Å². The van der Waals surface area contributed by atoms with Gasteiger partial charge in [-0.1, -0.05) is 27.7 Å². The van der Waals surface area contributed by atoms with Gasteiger partial charge in [-0.2, -0.15) is 0 Å². The highest BCUT2D eigenvalue weighted by atomic mass is 16.5. The highest BCUT2D eigenvalue weighted by Gasteiger charge is 2.26. The molecule has 1 aliphatic rings. The van der Waals surface area contributed by atoms with Gasteiger partial charge in [-0.25, -0.2) is 0 Å². The Kier molecular flexibility index (Phi) is 8.27. The Morgan fingerprint density at radius 1 is 1.24 bits per heavy atom. The van der Waals surface area contributed by atoms with E-state index in [2.05, 4.69) is 37.9 Å². The SMILES string of the molecule is CCOC(=O)C(CN1CCCC(C(C)C)CC1)NC(C)C. The molecule has 0 aromatic heterocycles. The molecule has 0 aliphatic carbocycles. The third-order valence-electron chi connectivity index (χ3n) is 4.35. The quantitative estimate of drug-likeness (QED) is 0.734. The zero-order chi connectivity index (χ0) is 15.8. The number of carbonyl (C=O) groups is 1. The third-order valence-corrected chi connectivity index (χ3v) is 4.35. The number of ether oxygens (including phenoxy) is 1. The number of likely N-dealkylation sites (tertiary alicyclic amines) is 1. The molecule has 1 aliphatic heterocycles. The van der Waals surface area contributed by atoms with Gasteiger partial charge in [-0.15, -0.1) is 0 Å². The van der Waals surface area contributed by atoms with Crippen LogP contribution in [0, 0.1) is 11.8 Å². The van der Waals surface area contributed by atoms with Crippen molar-refractivity contribution in [2.75, 3.05) is 26.2 Å². The van der Waals surface area contributed by atoms with Crippen molar-refractivity contribution in [3.8, 4) is 0 Å². The lowest BCUT2D eigenvalue weighted by Crippen LogP contribution is -2.49. The Morgan fingerprint density at radius 3 is 2.52 bits per heavy atom. The maximum Gasteiger partial charge on any atom is 0.324 e. The minimum atomic E-state index is -0.208. The summed E-state index contributed by atoms with van der Waals surface area (Å²) >= 11 is 0. The van der Waals surface area contributed by atoms with Gasteiger partial charge >= 0.3 is 5.97 Å². The highest BCUT2D eigenvalue weighted by molar-refractivity contribution is 5.76. The van der Waals surface area contributed by atoms with E-state index in [0.29, 0.717) is 6.61 Å². The molecule has 4 nitrogen and oxygen atoms in total. The summed E-state index contributed by atoms with van der Waals surface area (Å²) in [6.45, 7) is 14.1. The van der Waals surface area contributed by atoms with Crippen molar-refractivity contribution in [3.05, 3.63) is 0 Å². The molecule has 21 heavy (non-hydrogen) atoms. The Balaban J connectivity index is 2.55. The highest BCUT2D eigenvalue weighted by Crippen LogP contribution is 2.24. The van der Waals surface area contributed by atoms with Crippen LogP contribution in [-0.2, 0) is 9.53 Å². The average molecular weight is 298 g/mol. The number of rotatable bonds is 7. The van der Waals surface area contributed by atoms with Gasteiger partial charge < -0.3 is 15.0 Å². The van der Waals surface area contributed by atoms with Crippen LogP contribution < -0.4 is 5.32 Å². The smallest absolute Gasteiger partial charge is 0.324 e. The Morgan fingerprint density at radius 2 is 1.95 bits per heavy atom. The lowest BCUT2D eigenvalue weighted by molar-refractivity contribution is -0.146. The largest absolute Gasteiger partial charge is 0.465 e. The Labute approximate surface area is 130 Å². The zero-order valence-electron chi connectivity index (χ0n) is 14.5. The van der Waals surface area contributed by atoms with Gasteiger partial charge in [0.05, 0.1) is 6.61 Å². The molecule has 0 aromatic rings. The molecule has 1 heterocycles. The van der Waals surface area contributed by atoms with Crippen LogP contribution in [0.15, 0.2) is 0 Å². The van der Waals surface area contributed by atoms with Crippen LogP contribution >= 0.6 is 0 Å². The van der Waals surface area contributed by atoms with Gasteiger partial charge in [-0.3, -0.25) is 4.79 Å². The van der Waals surface area contributed by atoms with Crippen molar-refractivity contribution in [3.63, 3.8) is 0 Å². The zero-order valence-corrected chi connectivity index (χ0v) is 14.5. The molecule has 0 spiro atoms. The lowest BCUT2D eigenvalue weighted by atomic mass is 9.89. The number of esters is 1. The Bertz CT molecular complexity index is 305. The first kappa shape index (κ1) is 18.4. The molecular weight excluding hydrogens is 264 g/mol. The van der Waals surface area contributed by atoms with E-state index in [-0.39, 0.29) is 18.1 Å². The number of nitrogens with zero attached hydrogens (tertiary/aromatic N) is 1. The first-order chi connectivity index (χ1) is 9.93. The van der Waals surface area contributed by atoms with Gasteiger partial charge in [0, 0.05) is 12.6 Å². The fourth-order valence-corrected chi connectivity index (χ4v) is 3.13. The number of nitrogens with one attached hydrogen (secondary N) is 1. The molecule has 0 radical (unpaired) electrons. The number of hydrogen-bond acceptors (Lipinski definition) is 4.